The van der Waals surface area contributed by atoms with Gasteiger partial charge in [-0.1, -0.05) is 59.8 Å². The Morgan fingerprint density at radius 2 is 1.82 bits per heavy atom. The molecule has 0 aliphatic heterocycles. The van der Waals surface area contributed by atoms with E-state index in [0.29, 0.717) is 41.3 Å². The second kappa shape index (κ2) is 11.8. The Labute approximate surface area is 235 Å². The lowest BCUT2D eigenvalue weighted by atomic mass is 9.98. The first-order valence-corrected chi connectivity index (χ1v) is 12.8. The van der Waals surface area contributed by atoms with Crippen molar-refractivity contribution in [2.45, 2.75) is 13.5 Å². The van der Waals surface area contributed by atoms with Gasteiger partial charge in [0.1, 0.15) is 6.33 Å². The van der Waals surface area contributed by atoms with Crippen LogP contribution in [-0.4, -0.2) is 49.8 Å². The third kappa shape index (κ3) is 5.40. The van der Waals surface area contributed by atoms with Crippen molar-refractivity contribution in [3.05, 3.63) is 102 Å². The number of para-hydroxylation sites is 1. The summed E-state index contributed by atoms with van der Waals surface area (Å²) in [6, 6.07) is 21.4. The van der Waals surface area contributed by atoms with E-state index < -0.39 is 5.97 Å². The number of nitrogens with zero attached hydrogens (tertiary/aromatic N) is 5. The van der Waals surface area contributed by atoms with Crippen LogP contribution in [0.4, 0.5) is 0 Å². The number of amidine groups is 1. The topological polar surface area (TPSA) is 119 Å². The van der Waals surface area contributed by atoms with E-state index in [1.54, 1.807) is 24.5 Å². The molecule has 0 aliphatic rings. The summed E-state index contributed by atoms with van der Waals surface area (Å²) in [4.78, 5) is 26.4. The van der Waals surface area contributed by atoms with Crippen LogP contribution in [0.3, 0.4) is 0 Å². The minimum atomic E-state index is -0.434. The number of oxime groups is 1. The van der Waals surface area contributed by atoms with Gasteiger partial charge in [0.25, 0.3) is 6.01 Å². The van der Waals surface area contributed by atoms with Gasteiger partial charge in [0, 0.05) is 18.0 Å². The molecule has 11 heteroatoms. The molecule has 2 aromatic heterocycles. The van der Waals surface area contributed by atoms with Gasteiger partial charge in [0.2, 0.25) is 0 Å². The summed E-state index contributed by atoms with van der Waals surface area (Å²) in [6.07, 6.45) is 4.76. The van der Waals surface area contributed by atoms with Gasteiger partial charge in [-0.3, -0.25) is 9.13 Å². The predicted octanol–water partition coefficient (Wildman–Crippen LogP) is 4.60. The van der Waals surface area contributed by atoms with Crippen LogP contribution in [0.1, 0.15) is 28.4 Å². The number of fused-ring (bicyclic) bond motifs is 1. The maximum absolute atomic E-state index is 12.5. The van der Waals surface area contributed by atoms with Crippen LogP contribution in [-0.2, 0) is 16.1 Å². The summed E-state index contributed by atoms with van der Waals surface area (Å²) in [5, 5.41) is 4.14. The molecule has 3 aromatic carbocycles. The van der Waals surface area contributed by atoms with Gasteiger partial charge < -0.3 is 20.0 Å². The number of benzene rings is 3. The van der Waals surface area contributed by atoms with Crippen LogP contribution >= 0.6 is 12.2 Å². The molecule has 2 heterocycles. The van der Waals surface area contributed by atoms with E-state index in [2.05, 4.69) is 15.1 Å². The summed E-state index contributed by atoms with van der Waals surface area (Å²) in [5.74, 6) is -0.250. The highest BCUT2D eigenvalue weighted by Gasteiger charge is 2.20. The lowest BCUT2D eigenvalue weighted by molar-refractivity contribution is 0.0602. The highest BCUT2D eigenvalue weighted by atomic mass is 32.1. The third-order valence-corrected chi connectivity index (χ3v) is 6.44. The molecule has 5 aromatic rings. The van der Waals surface area contributed by atoms with Gasteiger partial charge in [-0.2, -0.15) is 4.98 Å². The number of carbonyl (C=O) groups excluding carboxylic acids is 1. The Kier molecular flexibility index (Phi) is 7.83. The summed E-state index contributed by atoms with van der Waals surface area (Å²) in [7, 11) is 1.36. The molecule has 40 heavy (non-hydrogen) atoms. The number of hydrogen-bond donors (Lipinski definition) is 1. The highest BCUT2D eigenvalue weighted by molar-refractivity contribution is 7.80. The lowest BCUT2D eigenvalue weighted by Crippen LogP contribution is -2.17. The van der Waals surface area contributed by atoms with E-state index in [1.807, 2.05) is 66.1 Å². The van der Waals surface area contributed by atoms with E-state index in [0.717, 1.165) is 16.7 Å². The summed E-state index contributed by atoms with van der Waals surface area (Å²) in [6.45, 7) is 2.76. The Balaban J connectivity index is 1.43. The lowest BCUT2D eigenvalue weighted by Gasteiger charge is -2.13. The SMILES string of the molecule is CCOc1nc2cccc(C(=O)OC)c2n1Cc1ccc(-c2ccccc2/C(N)=N/OC(=S)n2ccnc2)cc1. The molecular weight excluding hydrogens is 528 g/mol. The van der Waals surface area contributed by atoms with Crippen molar-refractivity contribution in [2.24, 2.45) is 10.9 Å². The quantitative estimate of drug-likeness (QED) is 0.0972. The average Bonchev–Trinajstić information content (AvgIpc) is 3.65. The molecule has 0 spiro atoms. The third-order valence-electron chi connectivity index (χ3n) is 6.16. The van der Waals surface area contributed by atoms with Crippen molar-refractivity contribution in [3.8, 4) is 17.1 Å². The Morgan fingerprint density at radius 3 is 2.55 bits per heavy atom. The largest absolute Gasteiger partial charge is 0.465 e. The zero-order valence-electron chi connectivity index (χ0n) is 21.9. The van der Waals surface area contributed by atoms with Crippen LogP contribution < -0.4 is 10.5 Å². The van der Waals surface area contributed by atoms with Crippen molar-refractivity contribution in [1.82, 2.24) is 19.1 Å². The predicted molar refractivity (Wildman–Crippen MR) is 155 cm³/mol. The summed E-state index contributed by atoms with van der Waals surface area (Å²) >= 11 is 5.21. The molecular formula is C29H26N6O4S. The number of ether oxygens (including phenoxy) is 2. The standard InChI is InChI=1S/C29H26N6O4S/c1-3-38-28-32-24-10-6-9-23(27(36)37-2)25(24)35(28)17-19-11-13-20(14-12-19)21-7-4-5-8-22(21)26(30)33-39-29(40)34-16-15-31-18-34/h4-16,18H,3,17H2,1-2H3,(H2,30,33). The van der Waals surface area contributed by atoms with Crippen molar-refractivity contribution >= 4 is 40.2 Å². The Hall–Kier alpha value is -5.03. The summed E-state index contributed by atoms with van der Waals surface area (Å²) < 4.78 is 14.2. The number of rotatable bonds is 8. The summed E-state index contributed by atoms with van der Waals surface area (Å²) in [5.41, 5.74) is 11.5. The monoisotopic (exact) mass is 554 g/mol. The molecule has 0 fully saturated rings. The number of hydrogen-bond acceptors (Lipinski definition) is 8. The first-order valence-electron chi connectivity index (χ1n) is 12.4. The molecule has 2 N–H and O–H groups in total. The molecule has 0 unspecified atom stereocenters. The first kappa shape index (κ1) is 26.6. The van der Waals surface area contributed by atoms with Gasteiger partial charge in [-0.05, 0) is 48.0 Å². The maximum Gasteiger partial charge on any atom is 0.340 e. The zero-order chi connectivity index (χ0) is 28.1. The molecule has 10 nitrogen and oxygen atoms in total. The van der Waals surface area contributed by atoms with E-state index in [1.165, 1.54) is 18.0 Å². The smallest absolute Gasteiger partial charge is 0.340 e. The van der Waals surface area contributed by atoms with E-state index in [4.69, 9.17) is 32.3 Å². The number of imidazole rings is 2. The molecule has 0 bridgehead atoms. The van der Waals surface area contributed by atoms with E-state index in [-0.39, 0.29) is 11.0 Å². The normalized spacial score (nSPS) is 11.4. The maximum atomic E-state index is 12.5. The fraction of sp³-hybridized carbons (Fsp3) is 0.138. The van der Waals surface area contributed by atoms with E-state index in [9.17, 15) is 4.79 Å². The zero-order valence-corrected chi connectivity index (χ0v) is 22.7. The van der Waals surface area contributed by atoms with Crippen molar-refractivity contribution in [3.63, 3.8) is 0 Å². The van der Waals surface area contributed by atoms with Gasteiger partial charge in [0.15, 0.2) is 5.84 Å². The molecule has 0 atom stereocenters. The molecule has 0 saturated carbocycles. The average molecular weight is 555 g/mol. The number of methoxy groups -OCH3 is 1. The number of carbonyl (C=O) groups is 1. The van der Waals surface area contributed by atoms with Gasteiger partial charge in [0.05, 0.1) is 36.9 Å². The van der Waals surface area contributed by atoms with Crippen molar-refractivity contribution in [2.75, 3.05) is 13.7 Å². The number of esters is 1. The van der Waals surface area contributed by atoms with Gasteiger partial charge >= 0.3 is 11.1 Å². The number of aromatic nitrogens is 4. The number of thiocarbonyl (C=S) groups is 1. The van der Waals surface area contributed by atoms with Crippen LogP contribution in [0.2, 0.25) is 0 Å². The molecule has 5 rings (SSSR count). The minimum Gasteiger partial charge on any atom is -0.465 e. The first-order chi connectivity index (χ1) is 19.5. The fourth-order valence-electron chi connectivity index (χ4n) is 4.31. The molecule has 0 aliphatic carbocycles. The Bertz CT molecular complexity index is 1690. The number of nitrogens with two attached hydrogens (primary N) is 1. The second-order valence-corrected chi connectivity index (χ2v) is 8.97. The minimum absolute atomic E-state index is 0.107. The van der Waals surface area contributed by atoms with Crippen LogP contribution in [0.5, 0.6) is 6.01 Å². The molecule has 202 valence electrons. The van der Waals surface area contributed by atoms with Gasteiger partial charge in [-0.15, -0.1) is 0 Å². The molecule has 0 amide bonds. The fourth-order valence-corrected chi connectivity index (χ4v) is 4.45. The van der Waals surface area contributed by atoms with Crippen LogP contribution in [0.15, 0.2) is 90.6 Å². The molecule has 0 saturated heterocycles. The van der Waals surface area contributed by atoms with Crippen LogP contribution in [0.25, 0.3) is 22.2 Å². The molecule has 0 radical (unpaired) electrons. The second-order valence-electron chi connectivity index (χ2n) is 8.62. The highest BCUT2D eigenvalue weighted by Crippen LogP contribution is 2.28. The Morgan fingerprint density at radius 1 is 1.05 bits per heavy atom. The van der Waals surface area contributed by atoms with Gasteiger partial charge in [-0.25, -0.2) is 9.78 Å². The van der Waals surface area contributed by atoms with Crippen LogP contribution in [0, 0.1) is 0 Å². The van der Waals surface area contributed by atoms with Crippen molar-refractivity contribution < 1.29 is 19.1 Å². The van der Waals surface area contributed by atoms with Crippen molar-refractivity contribution in [1.29, 1.82) is 0 Å². The van der Waals surface area contributed by atoms with E-state index >= 15 is 0 Å².